The number of nitrogens with zero attached hydrogens (tertiary/aromatic N) is 4. The molecule has 0 spiro atoms. The molecular weight excluding hydrogens is 403 g/mol. The van der Waals surface area contributed by atoms with Gasteiger partial charge in [-0.05, 0) is 37.8 Å². The van der Waals surface area contributed by atoms with Gasteiger partial charge in [0.15, 0.2) is 17.4 Å². The predicted octanol–water partition coefficient (Wildman–Crippen LogP) is 2.59. The summed E-state index contributed by atoms with van der Waals surface area (Å²) < 4.78 is 1.97. The number of aromatic nitrogens is 3. The molecule has 0 atom stereocenters. The van der Waals surface area contributed by atoms with Gasteiger partial charge in [0.05, 0.1) is 0 Å². The lowest BCUT2D eigenvalue weighted by molar-refractivity contribution is 0.644. The van der Waals surface area contributed by atoms with Crippen LogP contribution in [0.3, 0.4) is 0 Å². The van der Waals surface area contributed by atoms with Gasteiger partial charge in [0.1, 0.15) is 6.54 Å². The number of rotatable bonds is 7. The Morgan fingerprint density at radius 3 is 2.96 bits per heavy atom. The highest BCUT2D eigenvalue weighted by atomic mass is 127. The van der Waals surface area contributed by atoms with E-state index in [1.165, 1.54) is 25.7 Å². The zero-order chi connectivity index (χ0) is 15.2. The number of hydrogen-bond acceptors (Lipinski definition) is 3. The second-order valence-corrected chi connectivity index (χ2v) is 5.75. The minimum Gasteiger partial charge on any atom is -0.357 e. The summed E-state index contributed by atoms with van der Waals surface area (Å²) in [4.78, 5) is 4.61. The van der Waals surface area contributed by atoms with E-state index in [1.807, 2.05) is 28.8 Å². The lowest BCUT2D eigenvalue weighted by Gasteiger charge is -2.10. The number of nitrogens with one attached hydrogen (secondary N) is 2. The zero-order valence-electron chi connectivity index (χ0n) is 13.5. The molecule has 0 aliphatic heterocycles. The third-order valence-corrected chi connectivity index (χ3v) is 3.89. The SMILES string of the molecule is CCNC(=NCc1nnc2ccccn12)NCCCC1CC1.I. The average Bonchev–Trinajstić information content (AvgIpc) is 3.28. The van der Waals surface area contributed by atoms with Crippen LogP contribution in [0.1, 0.15) is 38.4 Å². The van der Waals surface area contributed by atoms with Crippen molar-refractivity contribution in [1.29, 1.82) is 0 Å². The van der Waals surface area contributed by atoms with Gasteiger partial charge in [-0.2, -0.15) is 0 Å². The van der Waals surface area contributed by atoms with Crippen molar-refractivity contribution in [1.82, 2.24) is 25.2 Å². The predicted molar refractivity (Wildman–Crippen MR) is 103 cm³/mol. The molecule has 126 valence electrons. The molecule has 2 N–H and O–H groups in total. The third-order valence-electron chi connectivity index (χ3n) is 3.89. The van der Waals surface area contributed by atoms with Crippen molar-refractivity contribution in [3.8, 4) is 0 Å². The second-order valence-electron chi connectivity index (χ2n) is 5.75. The van der Waals surface area contributed by atoms with E-state index in [9.17, 15) is 0 Å². The van der Waals surface area contributed by atoms with Crippen LogP contribution in [-0.4, -0.2) is 33.6 Å². The number of halogens is 1. The van der Waals surface area contributed by atoms with E-state index in [1.54, 1.807) is 0 Å². The molecule has 3 rings (SSSR count). The van der Waals surface area contributed by atoms with Crippen LogP contribution in [0.4, 0.5) is 0 Å². The van der Waals surface area contributed by atoms with Gasteiger partial charge in [-0.3, -0.25) is 4.40 Å². The molecule has 23 heavy (non-hydrogen) atoms. The number of pyridine rings is 1. The fourth-order valence-electron chi connectivity index (χ4n) is 2.49. The maximum Gasteiger partial charge on any atom is 0.191 e. The summed E-state index contributed by atoms with van der Waals surface area (Å²) >= 11 is 0. The van der Waals surface area contributed by atoms with E-state index in [2.05, 4.69) is 32.7 Å². The van der Waals surface area contributed by atoms with Gasteiger partial charge in [0, 0.05) is 19.3 Å². The Bertz CT molecular complexity index is 634. The van der Waals surface area contributed by atoms with Crippen LogP contribution in [-0.2, 0) is 6.54 Å². The Labute approximate surface area is 154 Å². The Morgan fingerprint density at radius 1 is 1.30 bits per heavy atom. The molecular formula is C16H25IN6. The summed E-state index contributed by atoms with van der Waals surface area (Å²) in [6.45, 7) is 4.43. The maximum absolute atomic E-state index is 4.61. The minimum absolute atomic E-state index is 0. The highest BCUT2D eigenvalue weighted by Gasteiger charge is 2.19. The largest absolute Gasteiger partial charge is 0.357 e. The van der Waals surface area contributed by atoms with E-state index >= 15 is 0 Å². The Balaban J connectivity index is 0.00000192. The Hall–Kier alpha value is -1.38. The van der Waals surface area contributed by atoms with Gasteiger partial charge in [0.2, 0.25) is 0 Å². The zero-order valence-corrected chi connectivity index (χ0v) is 15.9. The number of guanidine groups is 1. The van der Waals surface area contributed by atoms with Gasteiger partial charge >= 0.3 is 0 Å². The van der Waals surface area contributed by atoms with Crippen molar-refractivity contribution in [2.45, 2.75) is 39.2 Å². The number of aliphatic imine (C=N–C) groups is 1. The standard InChI is InChI=1S/C16H24N6.HI/c1-2-17-16(18-10-5-6-13-8-9-13)19-12-15-21-20-14-7-3-4-11-22(14)15;/h3-4,7,11,13H,2,5-6,8-10,12H2,1H3,(H2,17,18,19);1H. The average molecular weight is 428 g/mol. The van der Waals surface area contributed by atoms with Gasteiger partial charge in [-0.15, -0.1) is 34.2 Å². The lowest BCUT2D eigenvalue weighted by atomic mass is 10.2. The van der Waals surface area contributed by atoms with Crippen molar-refractivity contribution >= 4 is 35.6 Å². The van der Waals surface area contributed by atoms with Gasteiger partial charge in [-0.1, -0.05) is 18.9 Å². The molecule has 2 aromatic heterocycles. The lowest BCUT2D eigenvalue weighted by Crippen LogP contribution is -2.37. The summed E-state index contributed by atoms with van der Waals surface area (Å²) in [5, 5.41) is 15.0. The fraction of sp³-hybridized carbons (Fsp3) is 0.562. The molecule has 1 fully saturated rings. The first-order valence-electron chi connectivity index (χ1n) is 8.17. The van der Waals surface area contributed by atoms with Crippen molar-refractivity contribution in [3.05, 3.63) is 30.2 Å². The first-order chi connectivity index (χ1) is 10.9. The molecule has 1 aliphatic rings. The Morgan fingerprint density at radius 2 is 2.17 bits per heavy atom. The van der Waals surface area contributed by atoms with Crippen LogP contribution in [0.25, 0.3) is 5.65 Å². The van der Waals surface area contributed by atoms with E-state index in [-0.39, 0.29) is 24.0 Å². The van der Waals surface area contributed by atoms with Gasteiger partial charge in [0.25, 0.3) is 0 Å². The van der Waals surface area contributed by atoms with Crippen LogP contribution >= 0.6 is 24.0 Å². The van der Waals surface area contributed by atoms with Crippen molar-refractivity contribution < 1.29 is 0 Å². The van der Waals surface area contributed by atoms with Crippen LogP contribution in [0.15, 0.2) is 29.4 Å². The molecule has 7 heteroatoms. The molecule has 6 nitrogen and oxygen atoms in total. The molecule has 0 unspecified atom stereocenters. The van der Waals surface area contributed by atoms with E-state index in [0.29, 0.717) is 6.54 Å². The van der Waals surface area contributed by atoms with Crippen LogP contribution in [0.2, 0.25) is 0 Å². The summed E-state index contributed by atoms with van der Waals surface area (Å²) in [7, 11) is 0. The monoisotopic (exact) mass is 428 g/mol. The molecule has 0 amide bonds. The molecule has 2 aromatic rings. The van der Waals surface area contributed by atoms with Gasteiger partial charge in [-0.25, -0.2) is 4.99 Å². The van der Waals surface area contributed by atoms with Crippen LogP contribution < -0.4 is 10.6 Å². The highest BCUT2D eigenvalue weighted by molar-refractivity contribution is 14.0. The summed E-state index contributed by atoms with van der Waals surface area (Å²) in [6.07, 6.45) is 7.36. The topological polar surface area (TPSA) is 66.6 Å². The van der Waals surface area contributed by atoms with Crippen LogP contribution in [0, 0.1) is 5.92 Å². The summed E-state index contributed by atoms with van der Waals surface area (Å²) in [5.41, 5.74) is 0.857. The molecule has 2 heterocycles. The quantitative estimate of drug-likeness (QED) is 0.308. The number of hydrogen-bond donors (Lipinski definition) is 2. The first kappa shape index (κ1) is 18.0. The van der Waals surface area contributed by atoms with Gasteiger partial charge < -0.3 is 10.6 Å². The molecule has 1 saturated carbocycles. The normalized spacial score (nSPS) is 14.6. The number of fused-ring (bicyclic) bond motifs is 1. The third kappa shape index (κ3) is 5.33. The molecule has 1 aliphatic carbocycles. The van der Waals surface area contributed by atoms with Crippen molar-refractivity contribution in [2.24, 2.45) is 10.9 Å². The van der Waals surface area contributed by atoms with Crippen LogP contribution in [0.5, 0.6) is 0 Å². The Kier molecular flexibility index (Phi) is 7.07. The maximum atomic E-state index is 4.61. The molecule has 0 bridgehead atoms. The molecule has 0 aromatic carbocycles. The smallest absolute Gasteiger partial charge is 0.191 e. The van der Waals surface area contributed by atoms with Crippen molar-refractivity contribution in [2.75, 3.05) is 13.1 Å². The fourth-order valence-corrected chi connectivity index (χ4v) is 2.49. The summed E-state index contributed by atoms with van der Waals surface area (Å²) in [6, 6.07) is 5.88. The highest BCUT2D eigenvalue weighted by Crippen LogP contribution is 2.33. The molecule has 0 radical (unpaired) electrons. The minimum atomic E-state index is 0. The van der Waals surface area contributed by atoms with Crippen molar-refractivity contribution in [3.63, 3.8) is 0 Å². The molecule has 0 saturated heterocycles. The van der Waals surface area contributed by atoms with E-state index in [0.717, 1.165) is 36.4 Å². The second kappa shape index (κ2) is 9.05. The summed E-state index contributed by atoms with van der Waals surface area (Å²) in [5.74, 6) is 2.69. The first-order valence-corrected chi connectivity index (χ1v) is 8.17. The van der Waals surface area contributed by atoms with E-state index in [4.69, 9.17) is 0 Å². The van der Waals surface area contributed by atoms with E-state index < -0.39 is 0 Å².